The Balaban J connectivity index is 2.96. The second-order valence-corrected chi connectivity index (χ2v) is 3.83. The Kier molecular flexibility index (Phi) is 4.58. The van der Waals surface area contributed by atoms with Gasteiger partial charge in [0.2, 0.25) is 0 Å². The van der Waals surface area contributed by atoms with Crippen molar-refractivity contribution < 1.29 is 14.6 Å². The number of methoxy groups -OCH3 is 1. The van der Waals surface area contributed by atoms with Crippen LogP contribution in [-0.2, 0) is 4.79 Å². The number of hydrogen-bond acceptors (Lipinski definition) is 3. The van der Waals surface area contributed by atoms with Crippen molar-refractivity contribution in [1.82, 2.24) is 0 Å². The van der Waals surface area contributed by atoms with Crippen LogP contribution in [0.5, 0.6) is 5.75 Å². The number of halogens is 1. The summed E-state index contributed by atoms with van der Waals surface area (Å²) < 4.78 is 5.07. The number of nitrogens with two attached hydrogens (primary N) is 1. The molecule has 1 aromatic rings. The lowest BCUT2D eigenvalue weighted by Gasteiger charge is -2.14. The molecule has 16 heavy (non-hydrogen) atoms. The molecular formula is C11H14ClNO3. The van der Waals surface area contributed by atoms with Crippen LogP contribution in [0.15, 0.2) is 18.2 Å². The average Bonchev–Trinajstić information content (AvgIpc) is 2.26. The van der Waals surface area contributed by atoms with Crippen LogP contribution in [0.2, 0.25) is 5.02 Å². The molecule has 1 rings (SSSR count). The Morgan fingerprint density at radius 3 is 2.81 bits per heavy atom. The first-order valence-electron chi connectivity index (χ1n) is 4.83. The number of aliphatic carboxylic acids is 1. The van der Waals surface area contributed by atoms with Crippen molar-refractivity contribution in [2.75, 3.05) is 13.7 Å². The predicted molar refractivity (Wildman–Crippen MR) is 62.1 cm³/mol. The van der Waals surface area contributed by atoms with E-state index in [0.29, 0.717) is 10.8 Å². The standard InChI is InChI=1S/C11H14ClNO3/c1-16-10-4-7(2-3-9(10)12)8(6-13)5-11(14)15/h2-4,8H,5-6,13H2,1H3,(H,14,15). The van der Waals surface area contributed by atoms with Gasteiger partial charge in [0.1, 0.15) is 5.75 Å². The van der Waals surface area contributed by atoms with Crippen LogP contribution in [0, 0.1) is 0 Å². The fourth-order valence-electron chi connectivity index (χ4n) is 1.48. The molecule has 0 spiro atoms. The van der Waals surface area contributed by atoms with E-state index < -0.39 is 5.97 Å². The highest BCUT2D eigenvalue weighted by molar-refractivity contribution is 6.32. The van der Waals surface area contributed by atoms with E-state index in [1.165, 1.54) is 7.11 Å². The number of hydrogen-bond donors (Lipinski definition) is 2. The molecule has 4 nitrogen and oxygen atoms in total. The van der Waals surface area contributed by atoms with E-state index in [1.807, 2.05) is 0 Å². The zero-order valence-corrected chi connectivity index (χ0v) is 9.70. The van der Waals surface area contributed by atoms with Crippen LogP contribution in [0.1, 0.15) is 17.9 Å². The third-order valence-corrected chi connectivity index (χ3v) is 2.66. The zero-order chi connectivity index (χ0) is 12.1. The Labute approximate surface area is 99.0 Å². The van der Waals surface area contributed by atoms with E-state index in [1.54, 1.807) is 18.2 Å². The molecule has 0 saturated heterocycles. The SMILES string of the molecule is COc1cc(C(CN)CC(=O)O)ccc1Cl. The number of carbonyl (C=O) groups is 1. The van der Waals surface area contributed by atoms with Gasteiger partial charge in [0, 0.05) is 5.92 Å². The van der Waals surface area contributed by atoms with Gasteiger partial charge in [-0.2, -0.15) is 0 Å². The first kappa shape index (κ1) is 12.8. The average molecular weight is 244 g/mol. The summed E-state index contributed by atoms with van der Waals surface area (Å²) in [5, 5.41) is 9.24. The van der Waals surface area contributed by atoms with Crippen LogP contribution >= 0.6 is 11.6 Å². The minimum absolute atomic E-state index is 0.00128. The summed E-state index contributed by atoms with van der Waals surface area (Å²) in [6.45, 7) is 0.275. The van der Waals surface area contributed by atoms with Gasteiger partial charge in [-0.25, -0.2) is 0 Å². The number of benzene rings is 1. The first-order valence-corrected chi connectivity index (χ1v) is 5.21. The van der Waals surface area contributed by atoms with Crippen molar-refractivity contribution >= 4 is 17.6 Å². The fraction of sp³-hybridized carbons (Fsp3) is 0.364. The maximum atomic E-state index is 10.7. The highest BCUT2D eigenvalue weighted by Crippen LogP contribution is 2.29. The molecule has 0 amide bonds. The highest BCUT2D eigenvalue weighted by atomic mass is 35.5. The van der Waals surface area contributed by atoms with Gasteiger partial charge in [0.15, 0.2) is 0 Å². The molecule has 1 unspecified atom stereocenters. The van der Waals surface area contributed by atoms with Crippen LogP contribution in [-0.4, -0.2) is 24.7 Å². The second kappa shape index (κ2) is 5.72. The fourth-order valence-corrected chi connectivity index (χ4v) is 1.67. The predicted octanol–water partition coefficient (Wildman–Crippen LogP) is 1.87. The van der Waals surface area contributed by atoms with E-state index in [9.17, 15) is 4.79 Å². The minimum Gasteiger partial charge on any atom is -0.495 e. The lowest BCUT2D eigenvalue weighted by Crippen LogP contribution is -2.16. The Hall–Kier alpha value is -1.26. The summed E-state index contributed by atoms with van der Waals surface area (Å²) in [7, 11) is 1.51. The van der Waals surface area contributed by atoms with E-state index in [-0.39, 0.29) is 18.9 Å². The van der Waals surface area contributed by atoms with Gasteiger partial charge in [0.05, 0.1) is 18.6 Å². The molecule has 88 valence electrons. The minimum atomic E-state index is -0.871. The van der Waals surface area contributed by atoms with E-state index in [0.717, 1.165) is 5.56 Å². The quantitative estimate of drug-likeness (QED) is 0.828. The third-order valence-electron chi connectivity index (χ3n) is 2.35. The normalized spacial score (nSPS) is 12.2. The van der Waals surface area contributed by atoms with Crippen LogP contribution in [0.3, 0.4) is 0 Å². The summed E-state index contributed by atoms with van der Waals surface area (Å²) in [6, 6.07) is 5.17. The summed E-state index contributed by atoms with van der Waals surface area (Å²) >= 11 is 5.88. The Bertz CT molecular complexity index is 381. The lowest BCUT2D eigenvalue weighted by atomic mass is 9.96. The van der Waals surface area contributed by atoms with Gasteiger partial charge in [-0.15, -0.1) is 0 Å². The van der Waals surface area contributed by atoms with Crippen molar-refractivity contribution in [3.8, 4) is 5.75 Å². The third kappa shape index (κ3) is 3.12. The Morgan fingerprint density at radius 1 is 1.62 bits per heavy atom. The van der Waals surface area contributed by atoms with Crippen LogP contribution in [0.25, 0.3) is 0 Å². The molecule has 0 aromatic heterocycles. The maximum Gasteiger partial charge on any atom is 0.304 e. The Morgan fingerprint density at radius 2 is 2.31 bits per heavy atom. The first-order chi connectivity index (χ1) is 7.58. The summed E-state index contributed by atoms with van der Waals surface area (Å²) in [4.78, 5) is 10.7. The molecule has 0 heterocycles. The second-order valence-electron chi connectivity index (χ2n) is 3.42. The molecule has 1 aromatic carbocycles. The molecule has 0 bridgehead atoms. The zero-order valence-electron chi connectivity index (χ0n) is 8.94. The molecule has 0 aliphatic carbocycles. The molecule has 5 heteroatoms. The van der Waals surface area contributed by atoms with Crippen LogP contribution < -0.4 is 10.5 Å². The lowest BCUT2D eigenvalue weighted by molar-refractivity contribution is -0.137. The van der Waals surface area contributed by atoms with Crippen molar-refractivity contribution in [2.24, 2.45) is 5.73 Å². The monoisotopic (exact) mass is 243 g/mol. The van der Waals surface area contributed by atoms with Crippen LogP contribution in [0.4, 0.5) is 0 Å². The molecule has 0 aliphatic heterocycles. The van der Waals surface area contributed by atoms with Gasteiger partial charge in [-0.1, -0.05) is 17.7 Å². The molecular weight excluding hydrogens is 230 g/mol. The molecule has 3 N–H and O–H groups in total. The van der Waals surface area contributed by atoms with Gasteiger partial charge in [0.25, 0.3) is 0 Å². The number of carboxylic acid groups (broad SMARTS) is 1. The smallest absolute Gasteiger partial charge is 0.304 e. The van der Waals surface area contributed by atoms with Crippen molar-refractivity contribution in [1.29, 1.82) is 0 Å². The van der Waals surface area contributed by atoms with E-state index in [4.69, 9.17) is 27.2 Å². The van der Waals surface area contributed by atoms with Crippen molar-refractivity contribution in [3.05, 3.63) is 28.8 Å². The van der Waals surface area contributed by atoms with Crippen molar-refractivity contribution in [2.45, 2.75) is 12.3 Å². The summed E-state index contributed by atoms with van der Waals surface area (Å²) in [5.41, 5.74) is 6.37. The summed E-state index contributed by atoms with van der Waals surface area (Å²) in [6.07, 6.45) is 0.00128. The molecule has 0 radical (unpaired) electrons. The molecule has 0 saturated carbocycles. The van der Waals surface area contributed by atoms with E-state index in [2.05, 4.69) is 0 Å². The number of ether oxygens (including phenoxy) is 1. The van der Waals surface area contributed by atoms with E-state index >= 15 is 0 Å². The molecule has 1 atom stereocenters. The largest absolute Gasteiger partial charge is 0.495 e. The molecule has 0 fully saturated rings. The van der Waals surface area contributed by atoms with Gasteiger partial charge >= 0.3 is 5.97 Å². The number of carboxylic acids is 1. The topological polar surface area (TPSA) is 72.5 Å². The van der Waals surface area contributed by atoms with Crippen molar-refractivity contribution in [3.63, 3.8) is 0 Å². The molecule has 0 aliphatic rings. The van der Waals surface area contributed by atoms with Gasteiger partial charge in [-0.05, 0) is 24.2 Å². The highest BCUT2D eigenvalue weighted by Gasteiger charge is 2.15. The maximum absolute atomic E-state index is 10.7. The van der Waals surface area contributed by atoms with Gasteiger partial charge in [-0.3, -0.25) is 4.79 Å². The summed E-state index contributed by atoms with van der Waals surface area (Å²) in [5.74, 6) is -0.559. The van der Waals surface area contributed by atoms with Gasteiger partial charge < -0.3 is 15.6 Å². The number of rotatable bonds is 5.